The van der Waals surface area contributed by atoms with Crippen LogP contribution < -0.4 is 14.0 Å². The summed E-state index contributed by atoms with van der Waals surface area (Å²) < 4.78 is 75.5. The van der Waals surface area contributed by atoms with E-state index in [2.05, 4.69) is 9.17 Å². The van der Waals surface area contributed by atoms with Gasteiger partial charge in [0.15, 0.2) is 5.58 Å². The first-order valence-corrected chi connectivity index (χ1v) is 15.8. The highest BCUT2D eigenvalue weighted by molar-refractivity contribution is 7.88. The van der Waals surface area contributed by atoms with E-state index in [4.69, 9.17) is 4.42 Å². The van der Waals surface area contributed by atoms with Crippen molar-refractivity contribution in [1.82, 2.24) is 4.98 Å². The molecular formula is C36H24F3N3O4S. The van der Waals surface area contributed by atoms with Crippen LogP contribution in [0.5, 0.6) is 5.75 Å². The average Bonchev–Trinajstić information content (AvgIpc) is 3.47. The van der Waals surface area contributed by atoms with Crippen LogP contribution in [-0.2, 0) is 10.1 Å². The van der Waals surface area contributed by atoms with E-state index in [9.17, 15) is 21.6 Å². The topological polar surface area (TPSA) is 75.9 Å². The third-order valence-corrected chi connectivity index (χ3v) is 8.40. The molecular weight excluding hydrogens is 627 g/mol. The number of fused-ring (bicyclic) bond motifs is 3. The van der Waals surface area contributed by atoms with E-state index >= 15 is 0 Å². The van der Waals surface area contributed by atoms with Crippen LogP contribution >= 0.6 is 0 Å². The molecule has 0 fully saturated rings. The van der Waals surface area contributed by atoms with Crippen LogP contribution in [0.25, 0.3) is 21.9 Å². The Bertz CT molecular complexity index is 2200. The Labute approximate surface area is 267 Å². The fourth-order valence-corrected chi connectivity index (χ4v) is 5.86. The van der Waals surface area contributed by atoms with E-state index < -0.39 is 21.4 Å². The molecule has 11 heteroatoms. The first kappa shape index (κ1) is 29.9. The van der Waals surface area contributed by atoms with E-state index in [0.717, 1.165) is 17.6 Å². The highest BCUT2D eigenvalue weighted by Crippen LogP contribution is 2.46. The molecule has 0 bridgehead atoms. The standard InChI is InChI=1S/C36H24F3N3O4S/c37-36(38,39)47(43,44)46-32-24-40-35(42(27-17-9-3-10-18-27)28-19-11-4-12-20-28)33-30-23-29(21-22-31(30)45-34(32)33)41(25-13-5-1-6-14-25)26-15-7-2-8-16-26/h1-24H. The highest BCUT2D eigenvalue weighted by Gasteiger charge is 2.49. The monoisotopic (exact) mass is 651 g/mol. The molecule has 2 heterocycles. The van der Waals surface area contributed by atoms with Gasteiger partial charge in [-0.3, -0.25) is 4.90 Å². The Kier molecular flexibility index (Phi) is 7.53. The van der Waals surface area contributed by atoms with Crippen molar-refractivity contribution < 1.29 is 30.2 Å². The molecule has 47 heavy (non-hydrogen) atoms. The number of alkyl halides is 3. The number of furan rings is 1. The lowest BCUT2D eigenvalue weighted by atomic mass is 10.1. The summed E-state index contributed by atoms with van der Waals surface area (Å²) in [5, 5.41) is 0.731. The average molecular weight is 652 g/mol. The number of nitrogens with zero attached hydrogens (tertiary/aromatic N) is 3. The van der Waals surface area contributed by atoms with Crippen molar-refractivity contribution >= 4 is 66.3 Å². The first-order chi connectivity index (χ1) is 22.7. The Hall–Kier alpha value is -5.81. The van der Waals surface area contributed by atoms with Gasteiger partial charge < -0.3 is 13.5 Å². The summed E-state index contributed by atoms with van der Waals surface area (Å²) in [7, 11) is -6.03. The van der Waals surface area contributed by atoms with Crippen LogP contribution in [0.3, 0.4) is 0 Å². The van der Waals surface area contributed by atoms with Crippen molar-refractivity contribution in [1.29, 1.82) is 0 Å². The fraction of sp³-hybridized carbons (Fsp3) is 0.0278. The summed E-state index contributed by atoms with van der Waals surface area (Å²) >= 11 is 0. The zero-order chi connectivity index (χ0) is 32.6. The number of aromatic nitrogens is 1. The van der Waals surface area contributed by atoms with Gasteiger partial charge in [-0.2, -0.15) is 21.6 Å². The van der Waals surface area contributed by atoms with Gasteiger partial charge in [-0.05, 0) is 66.7 Å². The number of halogens is 3. The van der Waals surface area contributed by atoms with Crippen LogP contribution in [0.4, 0.5) is 47.4 Å². The van der Waals surface area contributed by atoms with Crippen LogP contribution in [-0.4, -0.2) is 18.9 Å². The Balaban J connectivity index is 1.53. The van der Waals surface area contributed by atoms with Crippen LogP contribution in [0.2, 0.25) is 0 Å². The summed E-state index contributed by atoms with van der Waals surface area (Å²) in [6, 6.07) is 43.2. The van der Waals surface area contributed by atoms with Gasteiger partial charge in [0, 0.05) is 33.8 Å². The highest BCUT2D eigenvalue weighted by atomic mass is 32.2. The summed E-state index contributed by atoms with van der Waals surface area (Å²) in [6.07, 6.45) is 0.934. The minimum absolute atomic E-state index is 0.210. The second-order valence-corrected chi connectivity index (χ2v) is 12.0. The Morgan fingerprint density at radius 1 is 0.617 bits per heavy atom. The Morgan fingerprint density at radius 2 is 1.09 bits per heavy atom. The molecule has 0 atom stereocenters. The van der Waals surface area contributed by atoms with Gasteiger partial charge in [0.1, 0.15) is 11.4 Å². The second kappa shape index (κ2) is 11.8. The third-order valence-electron chi connectivity index (χ3n) is 7.43. The predicted octanol–water partition coefficient (Wildman–Crippen LogP) is 10.1. The molecule has 0 aliphatic rings. The van der Waals surface area contributed by atoms with Crippen molar-refractivity contribution in [2.45, 2.75) is 5.51 Å². The molecule has 2 aromatic heterocycles. The van der Waals surface area contributed by atoms with Crippen molar-refractivity contribution in [3.63, 3.8) is 0 Å². The molecule has 0 unspecified atom stereocenters. The Morgan fingerprint density at radius 3 is 1.55 bits per heavy atom. The zero-order valence-corrected chi connectivity index (χ0v) is 25.2. The molecule has 7 rings (SSSR count). The molecule has 0 amide bonds. The number of benzene rings is 5. The normalized spacial score (nSPS) is 11.9. The summed E-state index contributed by atoms with van der Waals surface area (Å²) in [5.74, 6) is -0.404. The predicted molar refractivity (Wildman–Crippen MR) is 176 cm³/mol. The summed E-state index contributed by atoms with van der Waals surface area (Å²) in [4.78, 5) is 8.37. The zero-order valence-electron chi connectivity index (χ0n) is 24.4. The summed E-state index contributed by atoms with van der Waals surface area (Å²) in [6.45, 7) is 0. The number of anilines is 6. The lowest BCUT2D eigenvalue weighted by Crippen LogP contribution is -2.28. The molecule has 0 aliphatic heterocycles. The van der Waals surface area contributed by atoms with Gasteiger partial charge >= 0.3 is 15.6 Å². The van der Waals surface area contributed by atoms with E-state index in [1.165, 1.54) is 0 Å². The van der Waals surface area contributed by atoms with Gasteiger partial charge in [0.2, 0.25) is 5.75 Å². The largest absolute Gasteiger partial charge is 0.534 e. The minimum Gasteiger partial charge on any atom is -0.452 e. The maximum atomic E-state index is 13.5. The molecule has 0 aliphatic carbocycles. The van der Waals surface area contributed by atoms with Crippen LogP contribution in [0.15, 0.2) is 150 Å². The van der Waals surface area contributed by atoms with E-state index in [0.29, 0.717) is 22.4 Å². The maximum absolute atomic E-state index is 13.5. The maximum Gasteiger partial charge on any atom is 0.534 e. The molecule has 234 valence electrons. The minimum atomic E-state index is -6.03. The fourth-order valence-electron chi connectivity index (χ4n) is 5.41. The van der Waals surface area contributed by atoms with Crippen molar-refractivity contribution in [3.8, 4) is 5.75 Å². The lowest BCUT2D eigenvalue weighted by molar-refractivity contribution is -0.0499. The van der Waals surface area contributed by atoms with Crippen molar-refractivity contribution in [2.24, 2.45) is 0 Å². The quantitative estimate of drug-likeness (QED) is 0.120. The molecule has 0 saturated heterocycles. The van der Waals surface area contributed by atoms with Gasteiger partial charge in [-0.25, -0.2) is 4.98 Å². The molecule has 7 aromatic rings. The van der Waals surface area contributed by atoms with E-state index in [1.54, 1.807) is 6.07 Å². The van der Waals surface area contributed by atoms with Crippen LogP contribution in [0.1, 0.15) is 0 Å². The SMILES string of the molecule is O=S(=O)(Oc1cnc(N(c2ccccc2)c2ccccc2)c2c1oc1ccc(N(c3ccccc3)c3ccccc3)cc12)C(F)(F)F. The molecule has 0 N–H and O–H groups in total. The molecule has 5 aromatic carbocycles. The van der Waals surface area contributed by atoms with E-state index in [1.807, 2.05) is 143 Å². The van der Waals surface area contributed by atoms with Crippen molar-refractivity contribution in [2.75, 3.05) is 9.80 Å². The number of para-hydroxylation sites is 4. The molecule has 7 nitrogen and oxygen atoms in total. The van der Waals surface area contributed by atoms with Gasteiger partial charge in [-0.15, -0.1) is 0 Å². The molecule has 0 spiro atoms. The first-order valence-electron chi connectivity index (χ1n) is 14.4. The van der Waals surface area contributed by atoms with E-state index in [-0.39, 0.29) is 22.4 Å². The van der Waals surface area contributed by atoms with Gasteiger partial charge in [-0.1, -0.05) is 72.8 Å². The third kappa shape index (κ3) is 5.61. The number of pyridine rings is 1. The number of hydrogen-bond acceptors (Lipinski definition) is 7. The number of rotatable bonds is 8. The van der Waals surface area contributed by atoms with Crippen molar-refractivity contribution in [3.05, 3.63) is 146 Å². The van der Waals surface area contributed by atoms with Crippen LogP contribution in [0, 0.1) is 0 Å². The molecule has 0 saturated carbocycles. The van der Waals surface area contributed by atoms with Gasteiger partial charge in [0.25, 0.3) is 0 Å². The molecule has 0 radical (unpaired) electrons. The second-order valence-electron chi connectivity index (χ2n) is 10.4. The lowest BCUT2D eigenvalue weighted by Gasteiger charge is -2.26. The van der Waals surface area contributed by atoms with Gasteiger partial charge in [0.05, 0.1) is 11.6 Å². The number of hydrogen-bond donors (Lipinski definition) is 0. The summed E-state index contributed by atoms with van der Waals surface area (Å²) in [5.41, 5.74) is -1.76. The smallest absolute Gasteiger partial charge is 0.452 e.